The average Bonchev–Trinajstić information content (AvgIpc) is 2.25. The molecule has 1 rings (SSSR count). The highest BCUT2D eigenvalue weighted by Gasteiger charge is 2.16. The van der Waals surface area contributed by atoms with Gasteiger partial charge in [0.1, 0.15) is 6.04 Å². The van der Waals surface area contributed by atoms with Gasteiger partial charge in [-0.2, -0.15) is 10.2 Å². The maximum Gasteiger partial charge on any atom is 0.323 e. The molecular weight excluding hydrogens is 198 g/mol. The van der Waals surface area contributed by atoms with Crippen LogP contribution in [-0.4, -0.2) is 41.0 Å². The zero-order valence-corrected chi connectivity index (χ0v) is 8.38. The van der Waals surface area contributed by atoms with Crippen LogP contribution < -0.4 is 5.32 Å². The Hall–Kier alpha value is -1.53. The second kappa shape index (κ2) is 6.05. The van der Waals surface area contributed by atoms with Crippen molar-refractivity contribution >= 4 is 5.97 Å². The van der Waals surface area contributed by atoms with Crippen LogP contribution in [0.2, 0.25) is 0 Å². The van der Waals surface area contributed by atoms with E-state index in [1.807, 2.05) is 0 Å². The summed E-state index contributed by atoms with van der Waals surface area (Å²) in [5.41, 5.74) is 0.694. The Morgan fingerprint density at radius 2 is 2.53 bits per heavy atom. The lowest BCUT2D eigenvalue weighted by molar-refractivity contribution is -0.140. The van der Waals surface area contributed by atoms with Crippen LogP contribution in [0, 0.1) is 0 Å². The Morgan fingerprint density at radius 1 is 1.73 bits per heavy atom. The quantitative estimate of drug-likeness (QED) is 0.670. The SMILES string of the molecule is COCC(NCc1cccnn1)C(=O)O. The highest BCUT2D eigenvalue weighted by molar-refractivity contribution is 5.73. The van der Waals surface area contributed by atoms with Gasteiger partial charge in [0.2, 0.25) is 0 Å². The van der Waals surface area contributed by atoms with Crippen molar-refractivity contribution in [2.45, 2.75) is 12.6 Å². The van der Waals surface area contributed by atoms with Gasteiger partial charge in [-0.3, -0.25) is 10.1 Å². The van der Waals surface area contributed by atoms with Crippen molar-refractivity contribution in [3.05, 3.63) is 24.0 Å². The summed E-state index contributed by atoms with van der Waals surface area (Å²) >= 11 is 0. The summed E-state index contributed by atoms with van der Waals surface area (Å²) in [5.74, 6) is -0.944. The van der Waals surface area contributed by atoms with Crippen molar-refractivity contribution < 1.29 is 14.6 Å². The van der Waals surface area contributed by atoms with Gasteiger partial charge in [0.15, 0.2) is 0 Å². The molecule has 0 spiro atoms. The van der Waals surface area contributed by atoms with Gasteiger partial charge in [0.05, 0.1) is 12.3 Å². The predicted octanol–water partition coefficient (Wildman–Crippen LogP) is -0.334. The normalized spacial score (nSPS) is 12.3. The number of carboxylic acids is 1. The standard InChI is InChI=1S/C9H13N3O3/c1-15-6-8(9(13)14)10-5-7-3-2-4-11-12-7/h2-4,8,10H,5-6H2,1H3,(H,13,14). The number of carboxylic acid groups (broad SMARTS) is 1. The molecule has 1 aromatic heterocycles. The third kappa shape index (κ3) is 4.01. The molecule has 15 heavy (non-hydrogen) atoms. The molecular formula is C9H13N3O3. The van der Waals surface area contributed by atoms with Crippen LogP contribution in [-0.2, 0) is 16.1 Å². The zero-order valence-electron chi connectivity index (χ0n) is 8.38. The third-order valence-electron chi connectivity index (χ3n) is 1.79. The fourth-order valence-electron chi connectivity index (χ4n) is 1.04. The summed E-state index contributed by atoms with van der Waals surface area (Å²) in [6.07, 6.45) is 1.56. The Morgan fingerprint density at radius 3 is 3.07 bits per heavy atom. The van der Waals surface area contributed by atoms with E-state index in [0.29, 0.717) is 12.2 Å². The van der Waals surface area contributed by atoms with E-state index in [1.165, 1.54) is 7.11 Å². The lowest BCUT2D eigenvalue weighted by atomic mass is 10.3. The molecule has 0 aliphatic heterocycles. The molecule has 2 N–H and O–H groups in total. The summed E-state index contributed by atoms with van der Waals surface area (Å²) in [4.78, 5) is 10.7. The van der Waals surface area contributed by atoms with Gasteiger partial charge in [-0.05, 0) is 12.1 Å². The Balaban J connectivity index is 2.43. The molecule has 0 bridgehead atoms. The van der Waals surface area contributed by atoms with Crippen molar-refractivity contribution in [1.29, 1.82) is 0 Å². The van der Waals surface area contributed by atoms with Crippen LogP contribution in [0.3, 0.4) is 0 Å². The molecule has 1 atom stereocenters. The van der Waals surface area contributed by atoms with Gasteiger partial charge in [0.25, 0.3) is 0 Å². The molecule has 0 saturated carbocycles. The van der Waals surface area contributed by atoms with Crippen LogP contribution in [0.4, 0.5) is 0 Å². The number of nitrogens with one attached hydrogen (secondary N) is 1. The van der Waals surface area contributed by atoms with Crippen LogP contribution >= 0.6 is 0 Å². The van der Waals surface area contributed by atoms with Gasteiger partial charge in [0, 0.05) is 19.9 Å². The first-order valence-corrected chi connectivity index (χ1v) is 4.45. The molecule has 0 aliphatic rings. The molecule has 6 heteroatoms. The Bertz CT molecular complexity index is 305. The van der Waals surface area contributed by atoms with Gasteiger partial charge < -0.3 is 9.84 Å². The topological polar surface area (TPSA) is 84.3 Å². The van der Waals surface area contributed by atoms with E-state index in [2.05, 4.69) is 15.5 Å². The van der Waals surface area contributed by atoms with Gasteiger partial charge >= 0.3 is 5.97 Å². The van der Waals surface area contributed by atoms with Gasteiger partial charge in [-0.15, -0.1) is 0 Å². The number of aliphatic carboxylic acids is 1. The number of methoxy groups -OCH3 is 1. The average molecular weight is 211 g/mol. The number of nitrogens with zero attached hydrogens (tertiary/aromatic N) is 2. The molecule has 1 unspecified atom stereocenters. The molecule has 0 aromatic carbocycles. The van der Waals surface area contributed by atoms with Crippen molar-refractivity contribution in [1.82, 2.24) is 15.5 Å². The lowest BCUT2D eigenvalue weighted by Gasteiger charge is -2.12. The second-order valence-electron chi connectivity index (χ2n) is 2.94. The molecule has 0 saturated heterocycles. The summed E-state index contributed by atoms with van der Waals surface area (Å²) in [7, 11) is 1.46. The van der Waals surface area contributed by atoms with Crippen molar-refractivity contribution in [3.8, 4) is 0 Å². The van der Waals surface area contributed by atoms with Gasteiger partial charge in [-0.1, -0.05) is 0 Å². The molecule has 6 nitrogen and oxygen atoms in total. The van der Waals surface area contributed by atoms with E-state index in [0.717, 1.165) is 0 Å². The smallest absolute Gasteiger partial charge is 0.323 e. The van der Waals surface area contributed by atoms with Crippen LogP contribution in [0.5, 0.6) is 0 Å². The molecule has 82 valence electrons. The second-order valence-corrected chi connectivity index (χ2v) is 2.94. The number of carbonyl (C=O) groups is 1. The number of rotatable bonds is 6. The first kappa shape index (κ1) is 11.5. The maximum atomic E-state index is 10.7. The minimum absolute atomic E-state index is 0.121. The van der Waals surface area contributed by atoms with Crippen LogP contribution in [0.15, 0.2) is 18.3 Å². The Labute approximate surface area is 87.3 Å². The molecule has 0 radical (unpaired) electrons. The van der Waals surface area contributed by atoms with E-state index in [4.69, 9.17) is 9.84 Å². The Kier molecular flexibility index (Phi) is 4.65. The number of aromatic nitrogens is 2. The minimum Gasteiger partial charge on any atom is -0.480 e. The first-order valence-electron chi connectivity index (χ1n) is 4.45. The molecule has 0 amide bonds. The summed E-state index contributed by atoms with van der Waals surface area (Å²) < 4.78 is 4.77. The summed E-state index contributed by atoms with van der Waals surface area (Å²) in [5, 5.41) is 19.1. The summed E-state index contributed by atoms with van der Waals surface area (Å²) in [6, 6.07) is 2.79. The first-order chi connectivity index (χ1) is 7.24. The van der Waals surface area contributed by atoms with E-state index < -0.39 is 12.0 Å². The lowest BCUT2D eigenvalue weighted by Crippen LogP contribution is -2.40. The molecule has 1 aromatic rings. The van der Waals surface area contributed by atoms with Gasteiger partial charge in [-0.25, -0.2) is 0 Å². The van der Waals surface area contributed by atoms with Crippen molar-refractivity contribution in [2.75, 3.05) is 13.7 Å². The third-order valence-corrected chi connectivity index (χ3v) is 1.79. The van der Waals surface area contributed by atoms with Crippen LogP contribution in [0.1, 0.15) is 5.69 Å². The monoisotopic (exact) mass is 211 g/mol. The fraction of sp³-hybridized carbons (Fsp3) is 0.444. The number of ether oxygens (including phenoxy) is 1. The minimum atomic E-state index is -0.944. The van der Waals surface area contributed by atoms with Crippen molar-refractivity contribution in [2.24, 2.45) is 0 Å². The maximum absolute atomic E-state index is 10.7. The van der Waals surface area contributed by atoms with E-state index >= 15 is 0 Å². The van der Waals surface area contributed by atoms with E-state index in [-0.39, 0.29) is 6.61 Å². The van der Waals surface area contributed by atoms with Crippen LogP contribution in [0.25, 0.3) is 0 Å². The number of hydrogen-bond donors (Lipinski definition) is 2. The predicted molar refractivity (Wildman–Crippen MR) is 52.2 cm³/mol. The fourth-order valence-corrected chi connectivity index (χ4v) is 1.04. The largest absolute Gasteiger partial charge is 0.480 e. The zero-order chi connectivity index (χ0) is 11.1. The molecule has 0 fully saturated rings. The highest BCUT2D eigenvalue weighted by Crippen LogP contribution is 1.93. The summed E-state index contributed by atoms with van der Waals surface area (Å²) in [6.45, 7) is 0.476. The molecule has 0 aliphatic carbocycles. The highest BCUT2D eigenvalue weighted by atomic mass is 16.5. The molecule has 1 heterocycles. The number of hydrogen-bond acceptors (Lipinski definition) is 5. The van der Waals surface area contributed by atoms with E-state index in [1.54, 1.807) is 18.3 Å². The van der Waals surface area contributed by atoms with E-state index in [9.17, 15) is 4.79 Å². The van der Waals surface area contributed by atoms with Crippen molar-refractivity contribution in [3.63, 3.8) is 0 Å².